The number of halogens is 2. The molecule has 1 aromatic carbocycles. The van der Waals surface area contributed by atoms with Crippen molar-refractivity contribution >= 4 is 41.5 Å². The maximum absolute atomic E-state index is 10.3. The first kappa shape index (κ1) is 24.7. The van der Waals surface area contributed by atoms with Crippen molar-refractivity contribution in [2.24, 2.45) is 10.4 Å². The number of pyridine rings is 1. The van der Waals surface area contributed by atoms with Crippen molar-refractivity contribution in [3.8, 4) is 0 Å². The standard InChI is InChI=1S/C21H29ClN4O.HI/c1-4-24-20(25-14-19(27)17-8-10-23-11-9-17)26-15-21(2,3)13-16-6-5-7-18(22)12-16;/h5-12,19,27H,4,13-15H2,1-3H3,(H2,24,25,26);1H. The van der Waals surface area contributed by atoms with Gasteiger partial charge in [-0.2, -0.15) is 0 Å². The van der Waals surface area contributed by atoms with Crippen molar-refractivity contribution in [1.29, 1.82) is 0 Å². The highest BCUT2D eigenvalue weighted by Gasteiger charge is 2.19. The van der Waals surface area contributed by atoms with Gasteiger partial charge in [-0.3, -0.25) is 9.98 Å². The third-order valence-electron chi connectivity index (χ3n) is 4.13. The van der Waals surface area contributed by atoms with Crippen LogP contribution in [0.1, 0.15) is 38.0 Å². The van der Waals surface area contributed by atoms with Crippen LogP contribution in [-0.2, 0) is 6.42 Å². The Morgan fingerprint density at radius 3 is 2.57 bits per heavy atom. The van der Waals surface area contributed by atoms with Gasteiger partial charge in [-0.25, -0.2) is 0 Å². The summed E-state index contributed by atoms with van der Waals surface area (Å²) in [5.74, 6) is 0.699. The molecule has 0 fully saturated rings. The summed E-state index contributed by atoms with van der Waals surface area (Å²) in [6.45, 7) is 8.18. The quantitative estimate of drug-likeness (QED) is 0.279. The molecular formula is C21H30ClIN4O. The molecule has 0 bridgehead atoms. The number of aliphatic hydroxyl groups excluding tert-OH is 1. The Morgan fingerprint density at radius 1 is 1.21 bits per heavy atom. The Hall–Kier alpha value is -1.38. The molecular weight excluding hydrogens is 487 g/mol. The molecule has 5 nitrogen and oxygen atoms in total. The Balaban J connectivity index is 0.00000392. The lowest BCUT2D eigenvalue weighted by Gasteiger charge is -2.24. The molecule has 1 unspecified atom stereocenters. The lowest BCUT2D eigenvalue weighted by atomic mass is 9.86. The van der Waals surface area contributed by atoms with Crippen LogP contribution in [0.25, 0.3) is 0 Å². The number of guanidine groups is 1. The molecule has 0 aliphatic rings. The molecule has 1 atom stereocenters. The number of benzene rings is 1. The largest absolute Gasteiger partial charge is 0.387 e. The van der Waals surface area contributed by atoms with Gasteiger partial charge >= 0.3 is 0 Å². The van der Waals surface area contributed by atoms with Crippen molar-refractivity contribution in [2.75, 3.05) is 19.6 Å². The van der Waals surface area contributed by atoms with Crippen LogP contribution in [0.5, 0.6) is 0 Å². The summed E-state index contributed by atoms with van der Waals surface area (Å²) in [7, 11) is 0. The van der Waals surface area contributed by atoms with E-state index in [1.807, 2.05) is 37.3 Å². The molecule has 1 aromatic heterocycles. The predicted molar refractivity (Wildman–Crippen MR) is 128 cm³/mol. The van der Waals surface area contributed by atoms with Crippen LogP contribution in [0.2, 0.25) is 5.02 Å². The van der Waals surface area contributed by atoms with Crippen LogP contribution in [0, 0.1) is 5.41 Å². The Bertz CT molecular complexity index is 740. The average Bonchev–Trinajstić information content (AvgIpc) is 2.64. The smallest absolute Gasteiger partial charge is 0.191 e. The van der Waals surface area contributed by atoms with Gasteiger partial charge in [-0.1, -0.05) is 37.6 Å². The van der Waals surface area contributed by atoms with E-state index in [1.54, 1.807) is 12.4 Å². The van der Waals surface area contributed by atoms with Crippen LogP contribution in [-0.4, -0.2) is 35.7 Å². The van der Waals surface area contributed by atoms with E-state index >= 15 is 0 Å². The zero-order valence-corrected chi connectivity index (χ0v) is 19.7. The van der Waals surface area contributed by atoms with Crippen LogP contribution in [0.15, 0.2) is 53.8 Å². The van der Waals surface area contributed by atoms with E-state index in [4.69, 9.17) is 16.6 Å². The predicted octanol–water partition coefficient (Wildman–Crippen LogP) is 4.21. The number of nitrogens with one attached hydrogen (secondary N) is 2. The Kier molecular flexibility index (Phi) is 10.8. The number of rotatable bonds is 8. The molecule has 1 heterocycles. The maximum atomic E-state index is 10.3. The van der Waals surface area contributed by atoms with Crippen LogP contribution < -0.4 is 10.6 Å². The topological polar surface area (TPSA) is 69.5 Å². The Morgan fingerprint density at radius 2 is 1.93 bits per heavy atom. The van der Waals surface area contributed by atoms with Crippen molar-refractivity contribution < 1.29 is 5.11 Å². The molecule has 0 saturated carbocycles. The summed E-state index contributed by atoms with van der Waals surface area (Å²) in [4.78, 5) is 8.68. The highest BCUT2D eigenvalue weighted by atomic mass is 127. The normalized spacial score (nSPS) is 12.8. The van der Waals surface area contributed by atoms with E-state index in [1.165, 1.54) is 5.56 Å². The van der Waals surface area contributed by atoms with E-state index in [0.29, 0.717) is 19.0 Å². The SMILES string of the molecule is CCNC(=NCC(C)(C)Cc1cccc(Cl)c1)NCC(O)c1ccncc1.I. The fraction of sp³-hybridized carbons (Fsp3) is 0.429. The van der Waals surface area contributed by atoms with E-state index in [-0.39, 0.29) is 29.4 Å². The maximum Gasteiger partial charge on any atom is 0.191 e. The molecule has 3 N–H and O–H groups in total. The van der Waals surface area contributed by atoms with E-state index in [0.717, 1.165) is 23.6 Å². The highest BCUT2D eigenvalue weighted by molar-refractivity contribution is 14.0. The second-order valence-corrected chi connectivity index (χ2v) is 7.78. The van der Waals surface area contributed by atoms with Crippen molar-refractivity contribution in [3.05, 3.63) is 64.9 Å². The second-order valence-electron chi connectivity index (χ2n) is 7.34. The van der Waals surface area contributed by atoms with Gasteiger partial charge < -0.3 is 15.7 Å². The first-order chi connectivity index (χ1) is 12.9. The zero-order chi connectivity index (χ0) is 19.7. The van der Waals surface area contributed by atoms with Gasteiger partial charge in [0.2, 0.25) is 0 Å². The number of aliphatic hydroxyl groups is 1. The molecule has 0 aliphatic heterocycles. The summed E-state index contributed by atoms with van der Waals surface area (Å²) in [6, 6.07) is 11.6. The molecule has 2 aromatic rings. The third-order valence-corrected chi connectivity index (χ3v) is 4.37. The number of nitrogens with zero attached hydrogens (tertiary/aromatic N) is 2. The molecule has 0 spiro atoms. The van der Waals surface area contributed by atoms with Crippen molar-refractivity contribution in [3.63, 3.8) is 0 Å². The number of aliphatic imine (C=N–C) groups is 1. The lowest BCUT2D eigenvalue weighted by Crippen LogP contribution is -2.40. The molecule has 7 heteroatoms. The first-order valence-electron chi connectivity index (χ1n) is 9.24. The molecule has 154 valence electrons. The molecule has 28 heavy (non-hydrogen) atoms. The van der Waals surface area contributed by atoms with Gasteiger partial charge in [-0.15, -0.1) is 24.0 Å². The van der Waals surface area contributed by atoms with Gasteiger partial charge in [0.25, 0.3) is 0 Å². The summed E-state index contributed by atoms with van der Waals surface area (Å²) >= 11 is 6.09. The highest BCUT2D eigenvalue weighted by Crippen LogP contribution is 2.24. The lowest BCUT2D eigenvalue weighted by molar-refractivity contribution is 0.180. The monoisotopic (exact) mass is 516 g/mol. The van der Waals surface area contributed by atoms with Crippen LogP contribution in [0.3, 0.4) is 0 Å². The van der Waals surface area contributed by atoms with Gasteiger partial charge in [0.05, 0.1) is 6.10 Å². The van der Waals surface area contributed by atoms with Crippen molar-refractivity contribution in [1.82, 2.24) is 15.6 Å². The van der Waals surface area contributed by atoms with Gasteiger partial charge in [0.1, 0.15) is 0 Å². The van der Waals surface area contributed by atoms with Crippen LogP contribution in [0.4, 0.5) is 0 Å². The summed E-state index contributed by atoms with van der Waals surface area (Å²) in [5, 5.41) is 17.5. The second kappa shape index (κ2) is 12.2. The molecule has 0 amide bonds. The van der Waals surface area contributed by atoms with E-state index in [2.05, 4.69) is 35.5 Å². The summed E-state index contributed by atoms with van der Waals surface area (Å²) in [6.07, 6.45) is 3.62. The zero-order valence-electron chi connectivity index (χ0n) is 16.7. The number of hydrogen-bond acceptors (Lipinski definition) is 3. The number of hydrogen-bond donors (Lipinski definition) is 3. The fourth-order valence-electron chi connectivity index (χ4n) is 2.79. The molecule has 0 radical (unpaired) electrons. The van der Waals surface area contributed by atoms with Gasteiger partial charge in [-0.05, 0) is 54.2 Å². The van der Waals surface area contributed by atoms with E-state index in [9.17, 15) is 5.11 Å². The molecule has 0 aliphatic carbocycles. The minimum absolute atomic E-state index is 0. The minimum atomic E-state index is -0.615. The van der Waals surface area contributed by atoms with Crippen LogP contribution >= 0.6 is 35.6 Å². The summed E-state index contributed by atoms with van der Waals surface area (Å²) < 4.78 is 0. The van der Waals surface area contributed by atoms with Gasteiger partial charge in [0, 0.05) is 37.1 Å². The first-order valence-corrected chi connectivity index (χ1v) is 9.62. The summed E-state index contributed by atoms with van der Waals surface area (Å²) in [5.41, 5.74) is 2.01. The third kappa shape index (κ3) is 8.75. The average molecular weight is 517 g/mol. The molecule has 2 rings (SSSR count). The minimum Gasteiger partial charge on any atom is -0.387 e. The Labute approximate surface area is 190 Å². The van der Waals surface area contributed by atoms with Gasteiger partial charge in [0.15, 0.2) is 5.96 Å². The number of aromatic nitrogens is 1. The fourth-order valence-corrected chi connectivity index (χ4v) is 3.00. The molecule has 0 saturated heterocycles. The van der Waals surface area contributed by atoms with E-state index < -0.39 is 6.10 Å². The van der Waals surface area contributed by atoms with Crippen molar-refractivity contribution in [2.45, 2.75) is 33.3 Å².